The van der Waals surface area contributed by atoms with Crippen LogP contribution < -0.4 is 4.74 Å². The standard InChI is InChI=1S/C29H41N5O5S/c1-6-26-19-33(40(36,37)28-16-30-13-12-27(28)39-26)17-24-14-22(9-8-21(24)5)23(15-29(35)38-7-2)10-11-25-18-34(20(3)4)32-31-25/h8-9,12-14,16,18,20,23,26,36-37H,6-7,10-11,15,17,19H2,1-5H3. The van der Waals surface area contributed by atoms with E-state index < -0.39 is 10.8 Å². The first kappa shape index (κ1) is 30.0. The Kier molecular flexibility index (Phi) is 9.83. The van der Waals surface area contributed by atoms with E-state index in [0.717, 1.165) is 28.8 Å². The van der Waals surface area contributed by atoms with Gasteiger partial charge in [0.2, 0.25) is 0 Å². The molecule has 0 saturated carbocycles. The summed E-state index contributed by atoms with van der Waals surface area (Å²) in [5, 5.41) is 8.51. The Morgan fingerprint density at radius 3 is 2.75 bits per heavy atom. The lowest BCUT2D eigenvalue weighted by molar-refractivity contribution is -0.143. The first-order valence-electron chi connectivity index (χ1n) is 13.9. The van der Waals surface area contributed by atoms with Crippen molar-refractivity contribution in [3.63, 3.8) is 0 Å². The van der Waals surface area contributed by atoms with Crippen LogP contribution in [0.25, 0.3) is 0 Å². The van der Waals surface area contributed by atoms with Crippen LogP contribution in [0.15, 0.2) is 47.8 Å². The first-order valence-corrected chi connectivity index (χ1v) is 15.4. The van der Waals surface area contributed by atoms with Gasteiger partial charge >= 0.3 is 5.97 Å². The van der Waals surface area contributed by atoms with Gasteiger partial charge in [0, 0.05) is 31.0 Å². The third-order valence-corrected chi connectivity index (χ3v) is 9.20. The minimum Gasteiger partial charge on any atom is -0.487 e. The fraction of sp³-hybridized carbons (Fsp3) is 0.517. The topological polar surface area (TPSA) is 123 Å². The molecule has 0 bridgehead atoms. The van der Waals surface area contributed by atoms with Gasteiger partial charge in [0.05, 0.1) is 31.5 Å². The van der Waals surface area contributed by atoms with Gasteiger partial charge in [-0.1, -0.05) is 30.3 Å². The highest BCUT2D eigenvalue weighted by atomic mass is 32.3. The monoisotopic (exact) mass is 571 g/mol. The van der Waals surface area contributed by atoms with Crippen molar-refractivity contribution in [3.8, 4) is 5.75 Å². The lowest BCUT2D eigenvalue weighted by atomic mass is 9.88. The molecule has 11 heteroatoms. The maximum atomic E-state index is 12.6. The molecule has 40 heavy (non-hydrogen) atoms. The maximum Gasteiger partial charge on any atom is 0.306 e. The molecule has 3 aromatic rings. The largest absolute Gasteiger partial charge is 0.487 e. The zero-order valence-corrected chi connectivity index (χ0v) is 24.8. The molecular weight excluding hydrogens is 530 g/mol. The molecule has 10 nitrogen and oxygen atoms in total. The third-order valence-electron chi connectivity index (χ3n) is 7.30. The molecule has 0 fully saturated rings. The Morgan fingerprint density at radius 1 is 1.25 bits per heavy atom. The number of fused-ring (bicyclic) bond motifs is 1. The van der Waals surface area contributed by atoms with Crippen molar-refractivity contribution >= 4 is 16.7 Å². The molecule has 0 spiro atoms. The highest BCUT2D eigenvalue weighted by Gasteiger charge is 2.35. The molecule has 1 aliphatic heterocycles. The molecule has 2 unspecified atom stereocenters. The van der Waals surface area contributed by atoms with Crippen LogP contribution in [0.1, 0.15) is 81.3 Å². The molecule has 2 aromatic heterocycles. The molecule has 218 valence electrons. The molecule has 2 N–H and O–H groups in total. The molecule has 0 radical (unpaired) electrons. The molecule has 2 atom stereocenters. The summed E-state index contributed by atoms with van der Waals surface area (Å²) >= 11 is 0. The fourth-order valence-corrected chi connectivity index (χ4v) is 6.40. The van der Waals surface area contributed by atoms with Crippen molar-refractivity contribution < 1.29 is 23.4 Å². The van der Waals surface area contributed by atoms with Crippen molar-refractivity contribution in [2.45, 2.75) is 89.8 Å². The van der Waals surface area contributed by atoms with Crippen molar-refractivity contribution in [2.24, 2.45) is 0 Å². The van der Waals surface area contributed by atoms with E-state index in [0.29, 0.717) is 43.2 Å². The van der Waals surface area contributed by atoms with Crippen LogP contribution in [-0.2, 0) is 22.5 Å². The normalized spacial score (nSPS) is 18.4. The van der Waals surface area contributed by atoms with Crippen molar-refractivity contribution in [1.29, 1.82) is 0 Å². The van der Waals surface area contributed by atoms with Crippen molar-refractivity contribution in [2.75, 3.05) is 13.2 Å². The molecule has 3 heterocycles. The second-order valence-corrected chi connectivity index (χ2v) is 12.5. The number of ether oxygens (including phenoxy) is 2. The molecular formula is C29H41N5O5S. The van der Waals surface area contributed by atoms with Crippen LogP contribution in [0.5, 0.6) is 5.75 Å². The zero-order valence-electron chi connectivity index (χ0n) is 24.0. The SMILES string of the molecule is CCOC(=O)CC(CCc1cn(C(C)C)nn1)c1ccc(C)c(CN2CC(CC)Oc3ccncc3S2(O)O)c1. The second kappa shape index (κ2) is 13.1. The van der Waals surface area contributed by atoms with Crippen molar-refractivity contribution in [1.82, 2.24) is 24.3 Å². The van der Waals surface area contributed by atoms with Gasteiger partial charge < -0.3 is 9.47 Å². The van der Waals surface area contributed by atoms with Crippen LogP contribution in [0.3, 0.4) is 0 Å². The van der Waals surface area contributed by atoms with Gasteiger partial charge in [-0.25, -0.2) is 4.68 Å². The fourth-order valence-electron chi connectivity index (χ4n) is 4.84. The average Bonchev–Trinajstić information content (AvgIpc) is 3.37. The third kappa shape index (κ3) is 7.01. The Labute approximate surface area is 238 Å². The summed E-state index contributed by atoms with van der Waals surface area (Å²) in [4.78, 5) is 17.0. The van der Waals surface area contributed by atoms with E-state index in [4.69, 9.17) is 9.47 Å². The van der Waals surface area contributed by atoms with Gasteiger partial charge in [0.1, 0.15) is 16.7 Å². The van der Waals surface area contributed by atoms with E-state index in [1.165, 1.54) is 6.20 Å². The molecule has 1 aromatic carbocycles. The summed E-state index contributed by atoms with van der Waals surface area (Å²) in [7, 11) is -3.33. The van der Waals surface area contributed by atoms with E-state index in [1.54, 1.807) is 16.6 Å². The van der Waals surface area contributed by atoms with Crippen LogP contribution in [0, 0.1) is 6.92 Å². The van der Waals surface area contributed by atoms with Crippen LogP contribution in [0.4, 0.5) is 0 Å². The maximum absolute atomic E-state index is 12.6. The van der Waals surface area contributed by atoms with Crippen LogP contribution in [0.2, 0.25) is 0 Å². The number of carbonyl (C=O) groups excluding carboxylic acids is 1. The van der Waals surface area contributed by atoms with Crippen LogP contribution in [-0.4, -0.2) is 58.6 Å². The molecule has 0 amide bonds. The van der Waals surface area contributed by atoms with Gasteiger partial charge in [-0.3, -0.25) is 18.9 Å². The number of hydrogen-bond acceptors (Lipinski definition) is 9. The van der Waals surface area contributed by atoms with Gasteiger partial charge in [0.15, 0.2) is 0 Å². The molecule has 1 aliphatic rings. The molecule has 0 aliphatic carbocycles. The number of nitrogens with zero attached hydrogens (tertiary/aromatic N) is 5. The molecule has 0 saturated heterocycles. The Bertz CT molecular complexity index is 1300. The highest BCUT2D eigenvalue weighted by Crippen LogP contribution is 2.57. The second-order valence-electron chi connectivity index (χ2n) is 10.5. The minimum absolute atomic E-state index is 0.0938. The predicted molar refractivity (Wildman–Crippen MR) is 154 cm³/mol. The van der Waals surface area contributed by atoms with Crippen LogP contribution >= 0.6 is 10.8 Å². The van der Waals surface area contributed by atoms with E-state index in [1.807, 2.05) is 43.8 Å². The lowest BCUT2D eigenvalue weighted by Crippen LogP contribution is -2.34. The van der Waals surface area contributed by atoms with Gasteiger partial charge in [-0.2, -0.15) is 4.31 Å². The highest BCUT2D eigenvalue weighted by molar-refractivity contribution is 8.22. The lowest BCUT2D eigenvalue weighted by Gasteiger charge is -2.41. The van der Waals surface area contributed by atoms with E-state index in [2.05, 4.69) is 35.2 Å². The number of aryl methyl sites for hydroxylation is 2. The summed E-state index contributed by atoms with van der Waals surface area (Å²) in [5.41, 5.74) is 3.87. The Hall–Kier alpha value is -2.99. The summed E-state index contributed by atoms with van der Waals surface area (Å²) in [6, 6.07) is 8.07. The average molecular weight is 572 g/mol. The number of pyridine rings is 1. The first-order chi connectivity index (χ1) is 19.1. The summed E-state index contributed by atoms with van der Waals surface area (Å²) in [6.07, 6.45) is 7.16. The zero-order chi connectivity index (χ0) is 28.9. The number of carbonyl (C=O) groups is 1. The number of esters is 1. The number of aromatic nitrogens is 4. The van der Waals surface area contributed by atoms with E-state index in [9.17, 15) is 13.9 Å². The smallest absolute Gasteiger partial charge is 0.306 e. The van der Waals surface area contributed by atoms with Gasteiger partial charge in [0.25, 0.3) is 0 Å². The van der Waals surface area contributed by atoms with E-state index in [-0.39, 0.29) is 30.5 Å². The number of rotatable bonds is 11. The summed E-state index contributed by atoms with van der Waals surface area (Å²) in [6.45, 7) is 10.9. The van der Waals surface area contributed by atoms with E-state index >= 15 is 0 Å². The summed E-state index contributed by atoms with van der Waals surface area (Å²) < 4.78 is 37.8. The summed E-state index contributed by atoms with van der Waals surface area (Å²) in [5.74, 6) is 0.122. The Morgan fingerprint density at radius 2 is 2.05 bits per heavy atom. The molecule has 4 rings (SSSR count). The number of benzene rings is 1. The van der Waals surface area contributed by atoms with Gasteiger partial charge in [-0.15, -0.1) is 15.9 Å². The quantitative estimate of drug-likeness (QED) is 0.270. The predicted octanol–water partition coefficient (Wildman–Crippen LogP) is 5.93. The number of hydrogen-bond donors (Lipinski definition) is 2. The minimum atomic E-state index is -3.33. The van der Waals surface area contributed by atoms with Gasteiger partial charge in [-0.05, 0) is 69.6 Å². The Balaban J connectivity index is 1.61. The van der Waals surface area contributed by atoms with Crippen molar-refractivity contribution in [3.05, 3.63) is 65.2 Å².